The largest absolute Gasteiger partial charge is 0.293 e. The average Bonchev–Trinajstić information content (AvgIpc) is 2.15. The van der Waals surface area contributed by atoms with Gasteiger partial charge in [-0.2, -0.15) is 11.8 Å². The van der Waals surface area contributed by atoms with Crippen molar-refractivity contribution in [1.82, 2.24) is 0 Å². The Hall–Kier alpha value is -0.970. The van der Waals surface area contributed by atoms with Gasteiger partial charge in [0.25, 0.3) is 0 Å². The second kappa shape index (κ2) is 4.50. The van der Waals surface area contributed by atoms with Gasteiger partial charge in [-0.05, 0) is 18.4 Å². The lowest BCUT2D eigenvalue weighted by Crippen LogP contribution is -2.07. The molecule has 14 heavy (non-hydrogen) atoms. The molecule has 0 amide bonds. The number of hydrogen-bond acceptors (Lipinski definition) is 2. The van der Waals surface area contributed by atoms with Crippen LogP contribution in [0.15, 0.2) is 12.1 Å². The lowest BCUT2D eigenvalue weighted by molar-refractivity contribution is 0.101. The van der Waals surface area contributed by atoms with Crippen LogP contribution in [-0.4, -0.2) is 17.8 Å². The second-order valence-electron chi connectivity index (χ2n) is 2.58. The first-order chi connectivity index (χ1) is 6.57. The molecule has 0 aliphatic rings. The van der Waals surface area contributed by atoms with E-state index < -0.39 is 28.8 Å². The summed E-state index contributed by atoms with van der Waals surface area (Å²) in [4.78, 5) is 11.2. The summed E-state index contributed by atoms with van der Waals surface area (Å²) in [7, 11) is 0. The Kier molecular flexibility index (Phi) is 3.57. The summed E-state index contributed by atoms with van der Waals surface area (Å²) in [6.45, 7) is 0. The van der Waals surface area contributed by atoms with Crippen LogP contribution in [0.4, 0.5) is 13.2 Å². The van der Waals surface area contributed by atoms with E-state index in [1.165, 1.54) is 11.8 Å². The molecule has 1 aromatic rings. The molecule has 1 rings (SSSR count). The first-order valence-electron chi connectivity index (χ1n) is 3.73. The van der Waals surface area contributed by atoms with E-state index in [4.69, 9.17) is 0 Å². The predicted octanol–water partition coefficient (Wildman–Crippen LogP) is 2.65. The number of carbonyl (C=O) groups excluding carboxylic acids is 1. The van der Waals surface area contributed by atoms with Crippen molar-refractivity contribution >= 4 is 17.5 Å². The highest BCUT2D eigenvalue weighted by molar-refractivity contribution is 7.99. The molecule has 0 atom stereocenters. The monoisotopic (exact) mass is 220 g/mol. The third-order valence-electron chi connectivity index (χ3n) is 1.61. The summed E-state index contributed by atoms with van der Waals surface area (Å²) >= 11 is 1.19. The predicted molar refractivity (Wildman–Crippen MR) is 49.0 cm³/mol. The molecule has 0 saturated carbocycles. The zero-order chi connectivity index (χ0) is 10.7. The summed E-state index contributed by atoms with van der Waals surface area (Å²) < 4.78 is 38.2. The van der Waals surface area contributed by atoms with Gasteiger partial charge >= 0.3 is 0 Å². The van der Waals surface area contributed by atoms with Crippen LogP contribution in [0.25, 0.3) is 0 Å². The third-order valence-corrected chi connectivity index (χ3v) is 2.16. The average molecular weight is 220 g/mol. The number of carbonyl (C=O) groups is 1. The molecule has 0 radical (unpaired) electrons. The van der Waals surface area contributed by atoms with Crippen molar-refractivity contribution in [3.63, 3.8) is 0 Å². The molecule has 0 heterocycles. The lowest BCUT2D eigenvalue weighted by Gasteiger charge is -2.02. The summed E-state index contributed by atoms with van der Waals surface area (Å²) in [6, 6.07) is 1.69. The van der Waals surface area contributed by atoms with Gasteiger partial charge in [-0.3, -0.25) is 4.79 Å². The molecular formula is C9H7F3OS. The number of ketones is 1. The van der Waals surface area contributed by atoms with Gasteiger partial charge in [0.15, 0.2) is 23.2 Å². The van der Waals surface area contributed by atoms with Crippen LogP contribution in [0, 0.1) is 17.5 Å². The Labute approximate surface area is 83.3 Å². The molecule has 1 aromatic carbocycles. The molecule has 0 N–H and O–H groups in total. The Balaban J connectivity index is 3.11. The summed E-state index contributed by atoms with van der Waals surface area (Å²) in [6.07, 6.45) is 1.66. The highest BCUT2D eigenvalue weighted by Crippen LogP contribution is 2.16. The fraction of sp³-hybridized carbons (Fsp3) is 0.222. The van der Waals surface area contributed by atoms with Crippen molar-refractivity contribution in [2.75, 3.05) is 12.0 Å². The second-order valence-corrected chi connectivity index (χ2v) is 3.45. The summed E-state index contributed by atoms with van der Waals surface area (Å²) in [5, 5.41) is 0. The number of halogens is 3. The maximum Gasteiger partial charge on any atom is 0.195 e. The molecular weight excluding hydrogens is 213 g/mol. The van der Waals surface area contributed by atoms with E-state index in [9.17, 15) is 18.0 Å². The van der Waals surface area contributed by atoms with E-state index in [-0.39, 0.29) is 5.75 Å². The number of hydrogen-bond donors (Lipinski definition) is 0. The molecule has 0 fully saturated rings. The smallest absolute Gasteiger partial charge is 0.195 e. The minimum Gasteiger partial charge on any atom is -0.293 e. The van der Waals surface area contributed by atoms with Crippen LogP contribution in [0.5, 0.6) is 0 Å². The highest BCUT2D eigenvalue weighted by Gasteiger charge is 2.17. The minimum atomic E-state index is -1.60. The maximum atomic E-state index is 13.0. The van der Waals surface area contributed by atoms with Crippen molar-refractivity contribution in [2.24, 2.45) is 0 Å². The van der Waals surface area contributed by atoms with Gasteiger partial charge in [0, 0.05) is 0 Å². The van der Waals surface area contributed by atoms with E-state index in [1.807, 2.05) is 0 Å². The van der Waals surface area contributed by atoms with E-state index in [2.05, 4.69) is 0 Å². The SMILES string of the molecule is CSCC(=O)c1ccc(F)c(F)c1F. The molecule has 76 valence electrons. The summed E-state index contributed by atoms with van der Waals surface area (Å²) in [5.74, 6) is -4.81. The van der Waals surface area contributed by atoms with Crippen LogP contribution >= 0.6 is 11.8 Å². The number of rotatable bonds is 3. The minimum absolute atomic E-state index is 0.0436. The van der Waals surface area contributed by atoms with E-state index in [1.54, 1.807) is 6.26 Å². The van der Waals surface area contributed by atoms with Crippen LogP contribution in [-0.2, 0) is 0 Å². The van der Waals surface area contributed by atoms with Crippen molar-refractivity contribution in [2.45, 2.75) is 0 Å². The normalized spacial score (nSPS) is 10.3. The Morgan fingerprint density at radius 3 is 2.50 bits per heavy atom. The van der Waals surface area contributed by atoms with Crippen LogP contribution < -0.4 is 0 Å². The van der Waals surface area contributed by atoms with Gasteiger partial charge in [-0.25, -0.2) is 13.2 Å². The van der Waals surface area contributed by atoms with Crippen molar-refractivity contribution < 1.29 is 18.0 Å². The Morgan fingerprint density at radius 2 is 1.93 bits per heavy atom. The molecule has 0 unspecified atom stereocenters. The van der Waals surface area contributed by atoms with Gasteiger partial charge in [-0.1, -0.05) is 0 Å². The van der Waals surface area contributed by atoms with Crippen molar-refractivity contribution in [1.29, 1.82) is 0 Å². The molecule has 0 bridgehead atoms. The highest BCUT2D eigenvalue weighted by atomic mass is 32.2. The van der Waals surface area contributed by atoms with Gasteiger partial charge < -0.3 is 0 Å². The van der Waals surface area contributed by atoms with Crippen LogP contribution in [0.3, 0.4) is 0 Å². The molecule has 0 aliphatic carbocycles. The molecule has 5 heteroatoms. The van der Waals surface area contributed by atoms with E-state index in [0.717, 1.165) is 12.1 Å². The van der Waals surface area contributed by atoms with Crippen LogP contribution in [0.2, 0.25) is 0 Å². The van der Waals surface area contributed by atoms with Gasteiger partial charge in [0.1, 0.15) is 0 Å². The molecule has 1 nitrogen and oxygen atoms in total. The van der Waals surface area contributed by atoms with Crippen LogP contribution in [0.1, 0.15) is 10.4 Å². The van der Waals surface area contributed by atoms with E-state index >= 15 is 0 Å². The first-order valence-corrected chi connectivity index (χ1v) is 5.13. The quantitative estimate of drug-likeness (QED) is 0.575. The molecule has 0 aliphatic heterocycles. The summed E-state index contributed by atoms with van der Waals surface area (Å²) in [5.41, 5.74) is -0.404. The first kappa shape index (κ1) is 11.1. The fourth-order valence-electron chi connectivity index (χ4n) is 0.950. The number of Topliss-reactive ketones (excluding diaryl/α,β-unsaturated/α-hetero) is 1. The number of benzene rings is 1. The third kappa shape index (κ3) is 2.09. The fourth-order valence-corrected chi connectivity index (χ4v) is 1.37. The van der Waals surface area contributed by atoms with Gasteiger partial charge in [-0.15, -0.1) is 0 Å². The van der Waals surface area contributed by atoms with Crippen molar-refractivity contribution in [3.05, 3.63) is 35.1 Å². The zero-order valence-electron chi connectivity index (χ0n) is 7.31. The standard InChI is InChI=1S/C9H7F3OS/c1-14-4-7(13)5-2-3-6(10)9(12)8(5)11/h2-3H,4H2,1H3. The Bertz CT molecular complexity index is 365. The van der Waals surface area contributed by atoms with E-state index in [0.29, 0.717) is 0 Å². The molecule has 0 aromatic heterocycles. The number of thioether (sulfide) groups is 1. The Morgan fingerprint density at radius 1 is 1.29 bits per heavy atom. The topological polar surface area (TPSA) is 17.1 Å². The van der Waals surface area contributed by atoms with Crippen molar-refractivity contribution in [3.8, 4) is 0 Å². The van der Waals surface area contributed by atoms with Gasteiger partial charge in [0.05, 0.1) is 11.3 Å². The molecule has 0 saturated heterocycles. The maximum absolute atomic E-state index is 13.0. The molecule has 0 spiro atoms. The van der Waals surface area contributed by atoms with Gasteiger partial charge in [0.2, 0.25) is 0 Å². The lowest BCUT2D eigenvalue weighted by atomic mass is 10.1. The zero-order valence-corrected chi connectivity index (χ0v) is 8.13.